The van der Waals surface area contributed by atoms with Crippen LogP contribution in [-0.2, 0) is 0 Å². The van der Waals surface area contributed by atoms with Gasteiger partial charge in [-0.05, 0) is 37.0 Å². The smallest absolute Gasteiger partial charge is 0.0621 e. The van der Waals surface area contributed by atoms with E-state index >= 15 is 0 Å². The summed E-state index contributed by atoms with van der Waals surface area (Å²) >= 11 is 0. The molecule has 1 atom stereocenters. The number of hydrogen-bond acceptors (Lipinski definition) is 2. The van der Waals surface area contributed by atoms with E-state index in [-0.39, 0.29) is 5.41 Å². The van der Waals surface area contributed by atoms with E-state index in [1.807, 2.05) is 0 Å². The van der Waals surface area contributed by atoms with Crippen LogP contribution in [-0.4, -0.2) is 12.6 Å². The minimum Gasteiger partial charge on any atom is -0.313 e. The molecule has 104 valence electrons. The van der Waals surface area contributed by atoms with Gasteiger partial charge in [0.15, 0.2) is 0 Å². The molecule has 0 aromatic rings. The maximum atomic E-state index is 8.69. The van der Waals surface area contributed by atoms with Crippen LogP contribution in [0.3, 0.4) is 0 Å². The largest absolute Gasteiger partial charge is 0.313 e. The van der Waals surface area contributed by atoms with Gasteiger partial charge in [0.05, 0.1) is 6.07 Å². The molecule has 0 heterocycles. The summed E-state index contributed by atoms with van der Waals surface area (Å²) in [7, 11) is 0. The van der Waals surface area contributed by atoms with E-state index in [1.54, 1.807) is 0 Å². The van der Waals surface area contributed by atoms with E-state index in [9.17, 15) is 0 Å². The first-order valence-corrected chi connectivity index (χ1v) is 7.69. The number of nitriles is 1. The number of nitrogens with one attached hydrogen (secondary N) is 1. The molecule has 2 nitrogen and oxygen atoms in total. The van der Waals surface area contributed by atoms with Gasteiger partial charge in [-0.15, -0.1) is 0 Å². The van der Waals surface area contributed by atoms with Gasteiger partial charge >= 0.3 is 0 Å². The van der Waals surface area contributed by atoms with Gasteiger partial charge < -0.3 is 5.32 Å². The number of hydrogen-bond donors (Lipinski definition) is 1. The van der Waals surface area contributed by atoms with Crippen LogP contribution in [0.15, 0.2) is 0 Å². The summed E-state index contributed by atoms with van der Waals surface area (Å²) in [6.07, 6.45) is 9.99. The van der Waals surface area contributed by atoms with Gasteiger partial charge in [-0.2, -0.15) is 5.26 Å². The summed E-state index contributed by atoms with van der Waals surface area (Å²) in [5.41, 5.74) is 0.248. The molecule has 1 aliphatic rings. The van der Waals surface area contributed by atoms with Gasteiger partial charge in [-0.25, -0.2) is 0 Å². The van der Waals surface area contributed by atoms with Crippen molar-refractivity contribution in [1.82, 2.24) is 5.32 Å². The second-order valence-corrected chi connectivity index (χ2v) is 6.62. The van der Waals surface area contributed by atoms with Crippen molar-refractivity contribution < 1.29 is 0 Å². The third-order valence-electron chi connectivity index (χ3n) is 4.42. The second-order valence-electron chi connectivity index (χ2n) is 6.62. The molecule has 0 spiro atoms. The molecule has 1 fully saturated rings. The van der Waals surface area contributed by atoms with Crippen LogP contribution >= 0.6 is 0 Å². The average Bonchev–Trinajstić information content (AvgIpc) is 2.38. The van der Waals surface area contributed by atoms with E-state index < -0.39 is 0 Å². The summed E-state index contributed by atoms with van der Waals surface area (Å²) in [5, 5.41) is 12.5. The summed E-state index contributed by atoms with van der Waals surface area (Å²) in [5.74, 6) is 0.885. The van der Waals surface area contributed by atoms with Crippen molar-refractivity contribution in [1.29, 1.82) is 5.26 Å². The predicted octanol–water partition coefficient (Wildman–Crippen LogP) is 4.26. The van der Waals surface area contributed by atoms with Gasteiger partial charge in [0.1, 0.15) is 0 Å². The highest BCUT2D eigenvalue weighted by atomic mass is 14.9. The topological polar surface area (TPSA) is 35.8 Å². The Kier molecular flexibility index (Phi) is 6.71. The molecule has 0 saturated heterocycles. The lowest BCUT2D eigenvalue weighted by molar-refractivity contribution is 0.227. The second kappa shape index (κ2) is 7.79. The standard InChI is InChI=1S/C16H30N2/c1-4-15(14-9-6-5-7-10-14)18-13-16(2,3)11-8-12-17/h14-15,18H,4-11,13H2,1-3H3. The van der Waals surface area contributed by atoms with Crippen molar-refractivity contribution in [3.63, 3.8) is 0 Å². The molecule has 1 aliphatic carbocycles. The summed E-state index contributed by atoms with van der Waals surface area (Å²) in [6.45, 7) is 7.88. The van der Waals surface area contributed by atoms with Crippen LogP contribution in [0.4, 0.5) is 0 Å². The number of nitrogens with zero attached hydrogens (tertiary/aromatic N) is 1. The summed E-state index contributed by atoms with van der Waals surface area (Å²) in [4.78, 5) is 0. The average molecular weight is 250 g/mol. The molecule has 1 N–H and O–H groups in total. The van der Waals surface area contributed by atoms with Crippen molar-refractivity contribution in [2.24, 2.45) is 11.3 Å². The Morgan fingerprint density at radius 2 is 1.94 bits per heavy atom. The highest BCUT2D eigenvalue weighted by Crippen LogP contribution is 2.29. The lowest BCUT2D eigenvalue weighted by atomic mass is 9.81. The Balaban J connectivity index is 2.36. The molecule has 0 aliphatic heterocycles. The van der Waals surface area contributed by atoms with Crippen molar-refractivity contribution in [2.45, 2.75) is 78.2 Å². The normalized spacial score (nSPS) is 19.4. The molecule has 18 heavy (non-hydrogen) atoms. The minimum atomic E-state index is 0.248. The number of rotatable bonds is 7. The minimum absolute atomic E-state index is 0.248. The fraction of sp³-hybridized carbons (Fsp3) is 0.938. The van der Waals surface area contributed by atoms with E-state index in [0.717, 1.165) is 18.9 Å². The fourth-order valence-corrected chi connectivity index (χ4v) is 3.07. The Hall–Kier alpha value is -0.550. The van der Waals surface area contributed by atoms with Crippen molar-refractivity contribution in [3.8, 4) is 6.07 Å². The van der Waals surface area contributed by atoms with Gasteiger partial charge in [-0.3, -0.25) is 0 Å². The van der Waals surface area contributed by atoms with E-state index in [1.165, 1.54) is 38.5 Å². The third kappa shape index (κ3) is 5.40. The van der Waals surface area contributed by atoms with Crippen LogP contribution in [0.5, 0.6) is 0 Å². The monoisotopic (exact) mass is 250 g/mol. The lowest BCUT2D eigenvalue weighted by Crippen LogP contribution is -2.41. The molecular formula is C16H30N2. The molecule has 1 saturated carbocycles. The van der Waals surface area contributed by atoms with Crippen molar-refractivity contribution in [3.05, 3.63) is 0 Å². The van der Waals surface area contributed by atoms with Crippen LogP contribution in [0, 0.1) is 22.7 Å². The van der Waals surface area contributed by atoms with E-state index in [4.69, 9.17) is 5.26 Å². The summed E-state index contributed by atoms with van der Waals surface area (Å²) < 4.78 is 0. The molecule has 0 aromatic carbocycles. The van der Waals surface area contributed by atoms with Crippen LogP contribution in [0.2, 0.25) is 0 Å². The molecule has 0 aromatic heterocycles. The first-order chi connectivity index (χ1) is 8.59. The first kappa shape index (κ1) is 15.5. The maximum Gasteiger partial charge on any atom is 0.0621 e. The Labute approximate surface area is 113 Å². The highest BCUT2D eigenvalue weighted by molar-refractivity contribution is 4.83. The summed E-state index contributed by atoms with van der Waals surface area (Å²) in [6, 6.07) is 2.95. The SMILES string of the molecule is CCC(NCC(C)(C)CCC#N)C1CCCCC1. The molecule has 0 radical (unpaired) electrons. The van der Waals surface area contributed by atoms with Crippen LogP contribution < -0.4 is 5.32 Å². The molecule has 1 unspecified atom stereocenters. The van der Waals surface area contributed by atoms with E-state index in [2.05, 4.69) is 32.2 Å². The lowest BCUT2D eigenvalue weighted by Gasteiger charge is -2.33. The molecular weight excluding hydrogens is 220 g/mol. The van der Waals surface area contributed by atoms with Gasteiger partial charge in [0, 0.05) is 19.0 Å². The van der Waals surface area contributed by atoms with Gasteiger partial charge in [-0.1, -0.05) is 40.0 Å². The van der Waals surface area contributed by atoms with E-state index in [0.29, 0.717) is 12.5 Å². The fourth-order valence-electron chi connectivity index (χ4n) is 3.07. The zero-order chi connectivity index (χ0) is 13.4. The first-order valence-electron chi connectivity index (χ1n) is 7.69. The Morgan fingerprint density at radius 3 is 2.50 bits per heavy atom. The quantitative estimate of drug-likeness (QED) is 0.732. The van der Waals surface area contributed by atoms with Gasteiger partial charge in [0.2, 0.25) is 0 Å². The predicted molar refractivity (Wildman–Crippen MR) is 77.3 cm³/mol. The molecule has 1 rings (SSSR count). The van der Waals surface area contributed by atoms with Crippen LogP contribution in [0.1, 0.15) is 72.1 Å². The maximum absolute atomic E-state index is 8.69. The Bertz CT molecular complexity index is 259. The van der Waals surface area contributed by atoms with Crippen molar-refractivity contribution in [2.75, 3.05) is 6.54 Å². The zero-order valence-corrected chi connectivity index (χ0v) is 12.5. The van der Waals surface area contributed by atoms with Crippen LogP contribution in [0.25, 0.3) is 0 Å². The molecule has 0 amide bonds. The Morgan fingerprint density at radius 1 is 1.28 bits per heavy atom. The highest BCUT2D eigenvalue weighted by Gasteiger charge is 2.24. The molecule has 2 heteroatoms. The zero-order valence-electron chi connectivity index (χ0n) is 12.5. The van der Waals surface area contributed by atoms with Crippen molar-refractivity contribution >= 4 is 0 Å². The third-order valence-corrected chi connectivity index (χ3v) is 4.42. The molecule has 0 bridgehead atoms. The van der Waals surface area contributed by atoms with Gasteiger partial charge in [0.25, 0.3) is 0 Å².